The van der Waals surface area contributed by atoms with Crippen LogP contribution in [0.2, 0.25) is 0 Å². The van der Waals surface area contributed by atoms with E-state index in [4.69, 9.17) is 5.73 Å². The summed E-state index contributed by atoms with van der Waals surface area (Å²) in [4.78, 5) is 8.29. The Hall–Kier alpha value is -2.67. The van der Waals surface area contributed by atoms with Crippen molar-refractivity contribution in [2.45, 2.75) is 4.90 Å². The van der Waals surface area contributed by atoms with Gasteiger partial charge in [0.25, 0.3) is 10.0 Å². The molecule has 1 heterocycles. The molecule has 0 aliphatic carbocycles. The molecule has 0 saturated carbocycles. The number of aromatic nitrogens is 2. The molecule has 7 heteroatoms. The number of fused-ring (bicyclic) bond motifs is 1. The zero-order valence-corrected chi connectivity index (χ0v) is 11.7. The van der Waals surface area contributed by atoms with Gasteiger partial charge in [0.15, 0.2) is 0 Å². The van der Waals surface area contributed by atoms with Crippen LogP contribution in [0.5, 0.6) is 0 Å². The number of nitrogens with zero attached hydrogens (tertiary/aromatic N) is 2. The van der Waals surface area contributed by atoms with Gasteiger partial charge in [0.05, 0.1) is 10.4 Å². The molecule has 0 amide bonds. The zero-order chi connectivity index (χ0) is 14.9. The third-order valence-corrected chi connectivity index (χ3v) is 4.25. The molecular formula is C14H12N4O2S. The normalized spacial score (nSPS) is 11.4. The highest BCUT2D eigenvalue weighted by atomic mass is 32.2. The first-order valence-electron chi connectivity index (χ1n) is 6.15. The fraction of sp³-hybridized carbons (Fsp3) is 0. The average Bonchev–Trinajstić information content (AvgIpc) is 2.47. The topological polar surface area (TPSA) is 98.0 Å². The van der Waals surface area contributed by atoms with Crippen LogP contribution in [0, 0.1) is 0 Å². The predicted molar refractivity (Wildman–Crippen MR) is 81.2 cm³/mol. The van der Waals surface area contributed by atoms with Crippen molar-refractivity contribution in [2.75, 3.05) is 10.5 Å². The molecule has 0 spiro atoms. The number of nitrogens with two attached hydrogens (primary N) is 1. The molecule has 0 atom stereocenters. The fourth-order valence-corrected chi connectivity index (χ4v) is 2.80. The monoisotopic (exact) mass is 300 g/mol. The number of para-hydroxylation sites is 1. The van der Waals surface area contributed by atoms with E-state index in [9.17, 15) is 8.42 Å². The molecule has 0 aliphatic rings. The van der Waals surface area contributed by atoms with Crippen LogP contribution in [-0.4, -0.2) is 18.4 Å². The first kappa shape index (κ1) is 13.3. The lowest BCUT2D eigenvalue weighted by Crippen LogP contribution is -2.15. The molecule has 0 aliphatic heterocycles. The van der Waals surface area contributed by atoms with Crippen molar-refractivity contribution in [3.63, 3.8) is 0 Å². The molecule has 1 aromatic heterocycles. The second kappa shape index (κ2) is 5.02. The maximum Gasteiger partial charge on any atom is 0.264 e. The van der Waals surface area contributed by atoms with Crippen LogP contribution < -0.4 is 10.5 Å². The Labute approximate surface area is 121 Å². The van der Waals surface area contributed by atoms with Crippen molar-refractivity contribution in [3.8, 4) is 0 Å². The summed E-state index contributed by atoms with van der Waals surface area (Å²) in [6.45, 7) is 0. The Bertz CT molecular complexity index is 892. The lowest BCUT2D eigenvalue weighted by atomic mass is 10.2. The molecule has 3 aromatic rings. The van der Waals surface area contributed by atoms with Gasteiger partial charge in [-0.15, -0.1) is 0 Å². The van der Waals surface area contributed by atoms with Gasteiger partial charge in [0, 0.05) is 17.3 Å². The van der Waals surface area contributed by atoms with Gasteiger partial charge in [-0.3, -0.25) is 0 Å². The maximum absolute atomic E-state index is 12.2. The molecule has 0 radical (unpaired) electrons. The maximum atomic E-state index is 12.2. The summed E-state index contributed by atoms with van der Waals surface area (Å²) in [5.41, 5.74) is 6.71. The third kappa shape index (κ3) is 2.77. The zero-order valence-electron chi connectivity index (χ0n) is 10.9. The smallest absolute Gasteiger partial charge is 0.264 e. The number of nitrogens with one attached hydrogen (secondary N) is 1. The summed E-state index contributed by atoms with van der Waals surface area (Å²) < 4.78 is 26.8. The van der Waals surface area contributed by atoms with E-state index in [2.05, 4.69) is 14.7 Å². The Morgan fingerprint density at radius 3 is 2.48 bits per heavy atom. The lowest BCUT2D eigenvalue weighted by Gasteiger charge is -2.07. The van der Waals surface area contributed by atoms with Crippen molar-refractivity contribution in [1.82, 2.24) is 9.97 Å². The largest absolute Gasteiger partial charge is 0.399 e. The van der Waals surface area contributed by atoms with Gasteiger partial charge in [0.1, 0.15) is 0 Å². The van der Waals surface area contributed by atoms with Crippen LogP contribution in [0.15, 0.2) is 59.6 Å². The van der Waals surface area contributed by atoms with Gasteiger partial charge in [-0.25, -0.2) is 23.1 Å². The highest BCUT2D eigenvalue weighted by Gasteiger charge is 2.15. The van der Waals surface area contributed by atoms with Gasteiger partial charge < -0.3 is 5.73 Å². The quantitative estimate of drug-likeness (QED) is 0.721. The molecule has 0 fully saturated rings. The molecule has 0 bridgehead atoms. The van der Waals surface area contributed by atoms with Gasteiger partial charge >= 0.3 is 0 Å². The molecule has 0 unspecified atom stereocenters. The number of benzene rings is 2. The van der Waals surface area contributed by atoms with Crippen LogP contribution in [0.4, 0.5) is 11.6 Å². The van der Waals surface area contributed by atoms with Crippen molar-refractivity contribution in [3.05, 3.63) is 54.7 Å². The number of sulfonamides is 1. The molecule has 3 rings (SSSR count). The summed E-state index contributed by atoms with van der Waals surface area (Å²) in [7, 11) is -3.73. The van der Waals surface area contributed by atoms with Gasteiger partial charge in [-0.05, 0) is 30.3 Å². The van der Waals surface area contributed by atoms with E-state index in [1.165, 1.54) is 24.3 Å². The van der Waals surface area contributed by atoms with Crippen molar-refractivity contribution >= 4 is 32.6 Å². The lowest BCUT2D eigenvalue weighted by molar-refractivity contribution is 0.601. The fourth-order valence-electron chi connectivity index (χ4n) is 1.85. The van der Waals surface area contributed by atoms with Crippen LogP contribution >= 0.6 is 0 Å². The van der Waals surface area contributed by atoms with Gasteiger partial charge in [0.2, 0.25) is 5.95 Å². The third-order valence-electron chi connectivity index (χ3n) is 2.91. The molecule has 0 saturated heterocycles. The van der Waals surface area contributed by atoms with E-state index >= 15 is 0 Å². The van der Waals surface area contributed by atoms with E-state index in [0.29, 0.717) is 11.2 Å². The SMILES string of the molecule is Nc1ccc(S(=O)(=O)Nc2ncc3ccccc3n2)cc1. The van der Waals surface area contributed by atoms with Crippen molar-refractivity contribution in [2.24, 2.45) is 0 Å². The molecule has 2 aromatic carbocycles. The van der Waals surface area contributed by atoms with E-state index in [1.54, 1.807) is 12.3 Å². The van der Waals surface area contributed by atoms with E-state index in [0.717, 1.165) is 5.39 Å². The molecule has 21 heavy (non-hydrogen) atoms. The summed E-state index contributed by atoms with van der Waals surface area (Å²) in [5, 5.41) is 0.841. The second-order valence-corrected chi connectivity index (χ2v) is 6.11. The summed E-state index contributed by atoms with van der Waals surface area (Å²) >= 11 is 0. The number of rotatable bonds is 3. The Morgan fingerprint density at radius 2 is 1.71 bits per heavy atom. The summed E-state index contributed by atoms with van der Waals surface area (Å²) in [6.07, 6.45) is 1.57. The highest BCUT2D eigenvalue weighted by molar-refractivity contribution is 7.92. The summed E-state index contributed by atoms with van der Waals surface area (Å²) in [6, 6.07) is 13.2. The minimum atomic E-state index is -3.73. The van der Waals surface area contributed by atoms with Crippen molar-refractivity contribution in [1.29, 1.82) is 0 Å². The first-order valence-corrected chi connectivity index (χ1v) is 7.63. The number of hydrogen-bond donors (Lipinski definition) is 2. The Kier molecular flexibility index (Phi) is 3.19. The minimum Gasteiger partial charge on any atom is -0.399 e. The van der Waals surface area contributed by atoms with E-state index in [1.807, 2.05) is 18.2 Å². The second-order valence-electron chi connectivity index (χ2n) is 4.43. The van der Waals surface area contributed by atoms with Crippen LogP contribution in [-0.2, 0) is 10.0 Å². The van der Waals surface area contributed by atoms with Crippen LogP contribution in [0.1, 0.15) is 0 Å². The number of hydrogen-bond acceptors (Lipinski definition) is 5. The average molecular weight is 300 g/mol. The molecule has 6 nitrogen and oxygen atoms in total. The number of anilines is 2. The molecule has 106 valence electrons. The van der Waals surface area contributed by atoms with Gasteiger partial charge in [-0.1, -0.05) is 18.2 Å². The molecule has 3 N–H and O–H groups in total. The summed E-state index contributed by atoms with van der Waals surface area (Å²) in [5.74, 6) is 0.0329. The minimum absolute atomic E-state index is 0.0329. The van der Waals surface area contributed by atoms with Crippen molar-refractivity contribution < 1.29 is 8.42 Å². The molecular weight excluding hydrogens is 288 g/mol. The number of nitrogen functional groups attached to an aromatic ring is 1. The van der Waals surface area contributed by atoms with E-state index in [-0.39, 0.29) is 10.8 Å². The van der Waals surface area contributed by atoms with Crippen LogP contribution in [0.3, 0.4) is 0 Å². The highest BCUT2D eigenvalue weighted by Crippen LogP contribution is 2.17. The van der Waals surface area contributed by atoms with Crippen LogP contribution in [0.25, 0.3) is 10.9 Å². The standard InChI is InChI=1S/C14H12N4O2S/c15-11-5-7-12(8-6-11)21(19,20)18-14-16-9-10-3-1-2-4-13(10)17-14/h1-9H,15H2,(H,16,17,18). The Balaban J connectivity index is 1.95. The Morgan fingerprint density at radius 1 is 1.00 bits per heavy atom. The first-order chi connectivity index (χ1) is 10.0. The van der Waals surface area contributed by atoms with E-state index < -0.39 is 10.0 Å². The predicted octanol–water partition coefficient (Wildman–Crippen LogP) is 2.01. The van der Waals surface area contributed by atoms with Gasteiger partial charge in [-0.2, -0.15) is 0 Å².